The van der Waals surface area contributed by atoms with Gasteiger partial charge in [0.1, 0.15) is 0 Å². The average molecular weight is 470 g/mol. The molecule has 0 spiro atoms. The van der Waals surface area contributed by atoms with Crippen molar-refractivity contribution in [3.05, 3.63) is 57.6 Å². The second-order valence-corrected chi connectivity index (χ2v) is 9.10. The monoisotopic (exact) mass is 470 g/mol. The molecule has 11 heteroatoms. The summed E-state index contributed by atoms with van der Waals surface area (Å²) >= 11 is 0. The van der Waals surface area contributed by atoms with Gasteiger partial charge in [0.15, 0.2) is 5.78 Å². The van der Waals surface area contributed by atoms with E-state index in [1.165, 1.54) is 13.8 Å². The molecule has 0 aromatic heterocycles. The van der Waals surface area contributed by atoms with Gasteiger partial charge in [-0.25, -0.2) is 0 Å². The van der Waals surface area contributed by atoms with E-state index in [9.17, 15) is 39.6 Å². The van der Waals surface area contributed by atoms with Crippen LogP contribution in [-0.4, -0.2) is 26.7 Å². The first kappa shape index (κ1) is 24.3. The molecule has 0 saturated carbocycles. The minimum absolute atomic E-state index is 0.186. The molecular formula is C19H16F6O3S2. The molecule has 2 rings (SSSR count). The predicted octanol–water partition coefficient (Wildman–Crippen LogP) is 5.05. The average Bonchev–Trinajstić information content (AvgIpc) is 2.58. The Bertz CT molecular complexity index is 988. The Kier molecular flexibility index (Phi) is 6.68. The molecule has 2 aromatic rings. The first-order chi connectivity index (χ1) is 13.6. The fourth-order valence-corrected chi connectivity index (χ4v) is 5.28. The smallest absolute Gasteiger partial charge is 0.289 e. The summed E-state index contributed by atoms with van der Waals surface area (Å²) < 4.78 is 103. The molecule has 0 saturated heterocycles. The molecular weight excluding hydrogens is 454 g/mol. The Balaban J connectivity index is 2.76. The lowest BCUT2D eigenvalue weighted by Gasteiger charge is -2.18. The van der Waals surface area contributed by atoms with E-state index in [-0.39, 0.29) is 22.3 Å². The topological polar surface area (TPSA) is 51.2 Å². The summed E-state index contributed by atoms with van der Waals surface area (Å²) in [6.45, 7) is 2.38. The predicted molar refractivity (Wildman–Crippen MR) is 100 cm³/mol. The van der Waals surface area contributed by atoms with Gasteiger partial charge in [0, 0.05) is 23.6 Å². The zero-order valence-corrected chi connectivity index (χ0v) is 17.8. The zero-order valence-electron chi connectivity index (χ0n) is 16.1. The van der Waals surface area contributed by atoms with Gasteiger partial charge < -0.3 is 0 Å². The third kappa shape index (κ3) is 4.51. The Morgan fingerprint density at radius 2 is 1.00 bits per heavy atom. The van der Waals surface area contributed by atoms with E-state index in [4.69, 9.17) is 0 Å². The molecule has 0 bridgehead atoms. The van der Waals surface area contributed by atoms with Crippen molar-refractivity contribution in [3.63, 3.8) is 0 Å². The van der Waals surface area contributed by atoms with E-state index in [0.717, 1.165) is 24.6 Å². The van der Waals surface area contributed by atoms with Crippen LogP contribution in [0.25, 0.3) is 0 Å². The second-order valence-electron chi connectivity index (χ2n) is 6.46. The molecule has 0 fully saturated rings. The summed E-state index contributed by atoms with van der Waals surface area (Å²) in [6, 6.07) is 3.04. The van der Waals surface area contributed by atoms with Crippen LogP contribution in [-0.2, 0) is 34.0 Å². The molecule has 0 heterocycles. The third-order valence-corrected chi connectivity index (χ3v) is 6.69. The van der Waals surface area contributed by atoms with Gasteiger partial charge in [-0.2, -0.15) is 26.3 Å². The van der Waals surface area contributed by atoms with Crippen molar-refractivity contribution in [2.75, 3.05) is 12.5 Å². The maximum atomic E-state index is 13.2. The van der Waals surface area contributed by atoms with Gasteiger partial charge in [-0.1, -0.05) is 12.1 Å². The van der Waals surface area contributed by atoms with Crippen LogP contribution in [0.4, 0.5) is 26.3 Å². The first-order valence-corrected chi connectivity index (χ1v) is 11.3. The molecule has 164 valence electrons. The fraction of sp³-hybridized carbons (Fsp3) is 0.316. The Morgan fingerprint density at radius 3 is 1.23 bits per heavy atom. The van der Waals surface area contributed by atoms with Crippen LogP contribution in [0.15, 0.2) is 34.1 Å². The highest BCUT2D eigenvalue weighted by atomic mass is 32.2. The molecule has 0 aliphatic rings. The van der Waals surface area contributed by atoms with Gasteiger partial charge in [-0.05, 0) is 37.1 Å². The molecule has 2 atom stereocenters. The minimum atomic E-state index is -4.80. The summed E-state index contributed by atoms with van der Waals surface area (Å²) in [5.74, 6) is -0.856. The van der Waals surface area contributed by atoms with Gasteiger partial charge in [0.25, 0.3) is 0 Å². The van der Waals surface area contributed by atoms with Crippen LogP contribution < -0.4 is 0 Å². The maximum Gasteiger partial charge on any atom is 0.417 e. The Morgan fingerprint density at radius 1 is 0.700 bits per heavy atom. The van der Waals surface area contributed by atoms with Crippen LogP contribution >= 0.6 is 0 Å². The van der Waals surface area contributed by atoms with Crippen molar-refractivity contribution < 1.29 is 39.6 Å². The van der Waals surface area contributed by atoms with Crippen molar-refractivity contribution in [1.82, 2.24) is 0 Å². The maximum absolute atomic E-state index is 13.2. The fourth-order valence-electron chi connectivity index (χ4n) is 3.21. The van der Waals surface area contributed by atoms with Crippen LogP contribution in [0, 0.1) is 13.8 Å². The normalized spacial score (nSPS) is 14.5. The molecule has 0 amide bonds. The quantitative estimate of drug-likeness (QED) is 0.464. The number of alkyl halides is 6. The molecule has 0 N–H and O–H groups in total. The van der Waals surface area contributed by atoms with Gasteiger partial charge in [0.05, 0.1) is 42.5 Å². The SMILES string of the molecule is Cc1c(C(=O)c2ccc(C(F)(F)F)c(S(C)=O)c2C)ccc(C(F)(F)F)c1S(C)=O. The number of hydrogen-bond donors (Lipinski definition) is 0. The van der Waals surface area contributed by atoms with Crippen LogP contribution in [0.3, 0.4) is 0 Å². The number of rotatable bonds is 4. The molecule has 2 unspecified atom stereocenters. The highest BCUT2D eigenvalue weighted by Gasteiger charge is 2.38. The van der Waals surface area contributed by atoms with Crippen molar-refractivity contribution >= 4 is 27.4 Å². The summed E-state index contributed by atoms with van der Waals surface area (Å²) in [6.07, 6.45) is -7.53. The highest BCUT2D eigenvalue weighted by Crippen LogP contribution is 2.38. The Labute approximate surface area is 173 Å². The third-order valence-electron chi connectivity index (χ3n) is 4.49. The number of carbonyl (C=O) groups is 1. The lowest BCUT2D eigenvalue weighted by atomic mass is 9.93. The van der Waals surface area contributed by atoms with Gasteiger partial charge >= 0.3 is 12.4 Å². The summed E-state index contributed by atoms with van der Waals surface area (Å²) in [4.78, 5) is 11.9. The van der Waals surface area contributed by atoms with Crippen molar-refractivity contribution in [1.29, 1.82) is 0 Å². The highest BCUT2D eigenvalue weighted by molar-refractivity contribution is 7.84. The van der Waals surface area contributed by atoms with E-state index in [1.807, 2.05) is 0 Å². The zero-order chi connectivity index (χ0) is 23.2. The minimum Gasteiger partial charge on any atom is -0.289 e. The summed E-state index contributed by atoms with van der Waals surface area (Å²) in [5.41, 5.74) is -3.15. The lowest BCUT2D eigenvalue weighted by Crippen LogP contribution is -2.17. The van der Waals surface area contributed by atoms with E-state index in [2.05, 4.69) is 0 Å². The number of carbonyl (C=O) groups excluding carboxylic acids is 1. The van der Waals surface area contributed by atoms with Crippen molar-refractivity contribution in [3.8, 4) is 0 Å². The number of benzene rings is 2. The second kappa shape index (κ2) is 8.26. The lowest BCUT2D eigenvalue weighted by molar-refractivity contribution is -0.140. The van der Waals surface area contributed by atoms with Crippen molar-refractivity contribution in [2.45, 2.75) is 36.0 Å². The van der Waals surface area contributed by atoms with Gasteiger partial charge in [-0.3, -0.25) is 13.2 Å². The molecule has 0 radical (unpaired) electrons. The molecule has 0 aliphatic heterocycles. The van der Waals surface area contributed by atoms with Crippen LogP contribution in [0.5, 0.6) is 0 Å². The Hall–Kier alpha value is -2.01. The van der Waals surface area contributed by atoms with E-state index >= 15 is 0 Å². The molecule has 3 nitrogen and oxygen atoms in total. The largest absolute Gasteiger partial charge is 0.417 e. The molecule has 2 aromatic carbocycles. The van der Waals surface area contributed by atoms with Gasteiger partial charge in [-0.15, -0.1) is 0 Å². The van der Waals surface area contributed by atoms with Gasteiger partial charge in [0.2, 0.25) is 0 Å². The van der Waals surface area contributed by atoms with Crippen molar-refractivity contribution in [2.24, 2.45) is 0 Å². The number of halogens is 6. The van der Waals surface area contributed by atoms with Crippen LogP contribution in [0.2, 0.25) is 0 Å². The van der Waals surface area contributed by atoms with Crippen LogP contribution in [0.1, 0.15) is 38.2 Å². The standard InChI is InChI=1S/C19H16F6O3S2/c1-9-11(5-7-13(18(20,21)22)16(9)29(3)27)15(26)12-6-8-14(19(23,24)25)17(10(12)2)30(4)28/h5-8H,1-4H3. The molecule has 0 aliphatic carbocycles. The number of ketones is 1. The first-order valence-electron chi connectivity index (χ1n) is 8.22. The summed E-state index contributed by atoms with van der Waals surface area (Å²) in [7, 11) is -4.17. The van der Waals surface area contributed by atoms with E-state index < -0.39 is 60.7 Å². The van der Waals surface area contributed by atoms with E-state index in [0.29, 0.717) is 12.1 Å². The number of hydrogen-bond acceptors (Lipinski definition) is 3. The van der Waals surface area contributed by atoms with E-state index in [1.54, 1.807) is 0 Å². The summed E-state index contributed by atoms with van der Waals surface area (Å²) in [5, 5.41) is 0. The molecule has 30 heavy (non-hydrogen) atoms.